The van der Waals surface area contributed by atoms with Gasteiger partial charge in [-0.1, -0.05) is 0 Å². The zero-order valence-electron chi connectivity index (χ0n) is 12.8. The van der Waals surface area contributed by atoms with E-state index in [9.17, 15) is 4.79 Å². The monoisotopic (exact) mass is 323 g/mol. The average Bonchev–Trinajstić information content (AvgIpc) is 2.93. The number of hydrogen-bond donors (Lipinski definition) is 1. The largest absolute Gasteiger partial charge is 0.495 e. The molecule has 1 aromatic carbocycles. The summed E-state index contributed by atoms with van der Waals surface area (Å²) in [6.07, 6.45) is 3.48. The van der Waals surface area contributed by atoms with E-state index < -0.39 is 5.72 Å². The van der Waals surface area contributed by atoms with E-state index in [0.717, 1.165) is 0 Å². The molecule has 0 radical (unpaired) electrons. The Kier molecular flexibility index (Phi) is 3.60. The molecule has 0 fully saturated rings. The summed E-state index contributed by atoms with van der Waals surface area (Å²) in [7, 11) is 3.03. The smallest absolute Gasteiger partial charge is 0.262 e. The first-order valence-corrected chi connectivity index (χ1v) is 8.09. The van der Waals surface area contributed by atoms with Crippen LogP contribution in [0.1, 0.15) is 17.3 Å². The van der Waals surface area contributed by atoms with Gasteiger partial charge in [0.1, 0.15) is 11.3 Å². The zero-order valence-corrected chi connectivity index (χ0v) is 13.6. The van der Waals surface area contributed by atoms with Gasteiger partial charge in [0.15, 0.2) is 17.1 Å². The van der Waals surface area contributed by atoms with Crippen LogP contribution in [0.25, 0.3) is 11.0 Å². The van der Waals surface area contributed by atoms with Crippen LogP contribution in [-0.2, 0) is 0 Å². The zero-order chi connectivity index (χ0) is 15.9. The second kappa shape index (κ2) is 5.31. The maximum atomic E-state index is 12.6. The standard InChI is InChI=1S/C15H17NO5S/c1-15(7-22-4)16-14(17)9-10(18-2)8-5-6-20-11(8)13(19-3)12(9)21-15/h5-6H,7H2,1-4H3,(H,16,17). The van der Waals surface area contributed by atoms with Crippen LogP contribution >= 0.6 is 11.8 Å². The van der Waals surface area contributed by atoms with Gasteiger partial charge in [-0.2, -0.15) is 11.8 Å². The molecule has 0 aliphatic carbocycles. The molecule has 0 saturated heterocycles. The Labute approximate surface area is 132 Å². The molecule has 1 N–H and O–H groups in total. The minimum atomic E-state index is -0.817. The maximum Gasteiger partial charge on any atom is 0.262 e. The van der Waals surface area contributed by atoms with Crippen molar-refractivity contribution in [2.45, 2.75) is 12.6 Å². The van der Waals surface area contributed by atoms with Gasteiger partial charge in [-0.05, 0) is 19.2 Å². The van der Waals surface area contributed by atoms with Crippen LogP contribution in [0.3, 0.4) is 0 Å². The van der Waals surface area contributed by atoms with E-state index in [1.54, 1.807) is 17.8 Å². The molecule has 1 aromatic heterocycles. The van der Waals surface area contributed by atoms with Gasteiger partial charge < -0.3 is 23.9 Å². The van der Waals surface area contributed by atoms with Crippen LogP contribution in [0, 0.1) is 0 Å². The second-order valence-electron chi connectivity index (χ2n) is 5.15. The first-order chi connectivity index (χ1) is 10.5. The molecule has 0 spiro atoms. The summed E-state index contributed by atoms with van der Waals surface area (Å²) in [5, 5.41) is 3.56. The fraction of sp³-hybridized carbons (Fsp3) is 0.400. The summed E-state index contributed by atoms with van der Waals surface area (Å²) >= 11 is 1.58. The average molecular weight is 323 g/mol. The van der Waals surface area contributed by atoms with Gasteiger partial charge in [0, 0.05) is 0 Å². The first-order valence-electron chi connectivity index (χ1n) is 6.70. The Hall–Kier alpha value is -2.02. The number of methoxy groups -OCH3 is 2. The maximum absolute atomic E-state index is 12.6. The van der Waals surface area contributed by atoms with Crippen LogP contribution in [-0.4, -0.2) is 37.9 Å². The lowest BCUT2D eigenvalue weighted by molar-refractivity contribution is 0.0436. The molecule has 0 bridgehead atoms. The number of benzene rings is 1. The topological polar surface area (TPSA) is 69.9 Å². The summed E-state index contributed by atoms with van der Waals surface area (Å²) in [5.41, 5.74) is 0.00772. The van der Waals surface area contributed by atoms with Gasteiger partial charge in [0.05, 0.1) is 31.6 Å². The molecule has 118 valence electrons. The number of amides is 1. The number of ether oxygens (including phenoxy) is 3. The Balaban J connectivity index is 2.30. The molecular formula is C15H17NO5S. The van der Waals surface area contributed by atoms with Crippen molar-refractivity contribution in [3.8, 4) is 17.2 Å². The van der Waals surface area contributed by atoms with Crippen molar-refractivity contribution >= 4 is 28.6 Å². The predicted molar refractivity (Wildman–Crippen MR) is 84.2 cm³/mol. The molecule has 0 saturated carbocycles. The van der Waals surface area contributed by atoms with Crippen molar-refractivity contribution in [1.29, 1.82) is 0 Å². The number of thioether (sulfide) groups is 1. The molecule has 1 aliphatic heterocycles. The second-order valence-corrected chi connectivity index (χ2v) is 6.02. The van der Waals surface area contributed by atoms with Crippen molar-refractivity contribution in [2.24, 2.45) is 0 Å². The van der Waals surface area contributed by atoms with Crippen LogP contribution in [0.2, 0.25) is 0 Å². The Bertz CT molecular complexity index is 741. The third-order valence-corrected chi connectivity index (χ3v) is 4.38. The van der Waals surface area contributed by atoms with Crippen LogP contribution < -0.4 is 19.5 Å². The van der Waals surface area contributed by atoms with Crippen molar-refractivity contribution in [2.75, 3.05) is 26.2 Å². The van der Waals surface area contributed by atoms with Gasteiger partial charge >= 0.3 is 0 Å². The predicted octanol–water partition coefficient (Wildman–Crippen LogP) is 2.65. The van der Waals surface area contributed by atoms with E-state index in [4.69, 9.17) is 18.6 Å². The van der Waals surface area contributed by atoms with E-state index >= 15 is 0 Å². The summed E-state index contributed by atoms with van der Waals surface area (Å²) < 4.78 is 22.4. The molecule has 2 aromatic rings. The van der Waals surface area contributed by atoms with Gasteiger partial charge in [0.2, 0.25) is 5.75 Å². The number of furan rings is 1. The summed E-state index contributed by atoms with van der Waals surface area (Å²) in [4.78, 5) is 12.6. The molecule has 7 heteroatoms. The molecule has 1 aliphatic rings. The highest BCUT2D eigenvalue weighted by Gasteiger charge is 2.41. The lowest BCUT2D eigenvalue weighted by Crippen LogP contribution is -2.55. The third-order valence-electron chi connectivity index (χ3n) is 3.54. The van der Waals surface area contributed by atoms with Gasteiger partial charge in [0.25, 0.3) is 5.91 Å². The Morgan fingerprint density at radius 2 is 2.05 bits per heavy atom. The van der Waals surface area contributed by atoms with E-state index in [1.165, 1.54) is 20.5 Å². The fourth-order valence-electron chi connectivity index (χ4n) is 2.71. The van der Waals surface area contributed by atoms with Gasteiger partial charge in [-0.3, -0.25) is 4.79 Å². The van der Waals surface area contributed by atoms with Crippen molar-refractivity contribution in [1.82, 2.24) is 5.32 Å². The first kappa shape index (κ1) is 14.9. The molecule has 1 amide bonds. The number of fused-ring (bicyclic) bond motifs is 2. The number of nitrogens with one attached hydrogen (secondary N) is 1. The quantitative estimate of drug-likeness (QED) is 0.933. The van der Waals surface area contributed by atoms with E-state index in [0.29, 0.717) is 39.5 Å². The summed E-state index contributed by atoms with van der Waals surface area (Å²) in [6, 6.07) is 1.74. The fourth-order valence-corrected chi connectivity index (χ4v) is 3.40. The summed E-state index contributed by atoms with van der Waals surface area (Å²) in [6.45, 7) is 1.82. The lowest BCUT2D eigenvalue weighted by Gasteiger charge is -2.36. The minimum Gasteiger partial charge on any atom is -0.495 e. The molecule has 22 heavy (non-hydrogen) atoms. The van der Waals surface area contributed by atoms with Crippen molar-refractivity contribution in [3.05, 3.63) is 17.9 Å². The van der Waals surface area contributed by atoms with E-state index in [-0.39, 0.29) is 5.91 Å². The third kappa shape index (κ3) is 2.08. The number of hydrogen-bond acceptors (Lipinski definition) is 6. The highest BCUT2D eigenvalue weighted by Crippen LogP contribution is 2.48. The van der Waals surface area contributed by atoms with Crippen molar-refractivity contribution in [3.63, 3.8) is 0 Å². The van der Waals surface area contributed by atoms with E-state index in [2.05, 4.69) is 5.32 Å². The van der Waals surface area contributed by atoms with E-state index in [1.807, 2.05) is 13.2 Å². The van der Waals surface area contributed by atoms with Crippen molar-refractivity contribution < 1.29 is 23.4 Å². The molecular weight excluding hydrogens is 306 g/mol. The Morgan fingerprint density at radius 1 is 1.32 bits per heavy atom. The Morgan fingerprint density at radius 3 is 2.68 bits per heavy atom. The summed E-state index contributed by atoms with van der Waals surface area (Å²) in [5.74, 6) is 1.51. The molecule has 2 heterocycles. The van der Waals surface area contributed by atoms with Gasteiger partial charge in [-0.15, -0.1) is 0 Å². The molecule has 1 atom stereocenters. The van der Waals surface area contributed by atoms with Crippen LogP contribution in [0.4, 0.5) is 0 Å². The van der Waals surface area contributed by atoms with Crippen LogP contribution in [0.15, 0.2) is 16.7 Å². The number of rotatable bonds is 4. The molecule has 6 nitrogen and oxygen atoms in total. The lowest BCUT2D eigenvalue weighted by atomic mass is 10.0. The highest BCUT2D eigenvalue weighted by molar-refractivity contribution is 7.98. The minimum absolute atomic E-state index is 0.254. The molecule has 3 rings (SSSR count). The molecule has 1 unspecified atom stereocenters. The number of carbonyl (C=O) groups excluding carboxylic acids is 1. The SMILES string of the molecule is COc1c2c(c(OC)c3occc13)OC(C)(CSC)NC2=O. The number of carbonyl (C=O) groups is 1. The highest BCUT2D eigenvalue weighted by atomic mass is 32.2. The van der Waals surface area contributed by atoms with Gasteiger partial charge in [-0.25, -0.2) is 0 Å². The normalized spacial score (nSPS) is 20.3. The van der Waals surface area contributed by atoms with Crippen LogP contribution in [0.5, 0.6) is 17.2 Å².